The molecule has 90 valence electrons. The molecule has 1 aromatic heterocycles. The van der Waals surface area contributed by atoms with Gasteiger partial charge in [-0.3, -0.25) is 0 Å². The highest BCUT2D eigenvalue weighted by molar-refractivity contribution is 5.73. The zero-order chi connectivity index (χ0) is 12.2. The van der Waals surface area contributed by atoms with Gasteiger partial charge in [0.25, 0.3) is 0 Å². The van der Waals surface area contributed by atoms with Crippen LogP contribution in [-0.2, 0) is 0 Å². The van der Waals surface area contributed by atoms with Crippen LogP contribution in [0.4, 0.5) is 17.3 Å². The predicted octanol–water partition coefficient (Wildman–Crippen LogP) is 1.21. The molecule has 16 heavy (non-hydrogen) atoms. The summed E-state index contributed by atoms with van der Waals surface area (Å²) in [5.74, 6) is 1.23. The molecule has 1 aromatic rings. The van der Waals surface area contributed by atoms with Gasteiger partial charge in [-0.25, -0.2) is 15.4 Å². The largest absolute Gasteiger partial charge is 0.393 e. The minimum atomic E-state index is -0.0598. The molecule has 0 fully saturated rings. The van der Waals surface area contributed by atoms with Crippen LogP contribution < -0.4 is 21.9 Å². The molecule has 1 heterocycles. The molecule has 0 saturated heterocycles. The first-order valence-corrected chi connectivity index (χ1v) is 5.31. The van der Waals surface area contributed by atoms with Crippen LogP contribution in [0.3, 0.4) is 0 Å². The van der Waals surface area contributed by atoms with Crippen molar-refractivity contribution in [1.82, 2.24) is 15.4 Å². The van der Waals surface area contributed by atoms with E-state index in [1.54, 1.807) is 0 Å². The zero-order valence-electron chi connectivity index (χ0n) is 10.3. The number of rotatable bonds is 4. The van der Waals surface area contributed by atoms with Crippen molar-refractivity contribution in [2.45, 2.75) is 33.2 Å². The third-order valence-electron chi connectivity index (χ3n) is 1.78. The summed E-state index contributed by atoms with van der Waals surface area (Å²) in [5.41, 5.74) is 12.4. The van der Waals surface area contributed by atoms with Gasteiger partial charge in [0.05, 0.1) is 0 Å². The number of nitrogen functional groups attached to an aromatic ring is 1. The monoisotopic (exact) mass is 224 g/mol. The van der Waals surface area contributed by atoms with Crippen LogP contribution >= 0.6 is 0 Å². The van der Waals surface area contributed by atoms with Gasteiger partial charge in [-0.1, -0.05) is 0 Å². The molecule has 6 heteroatoms. The lowest BCUT2D eigenvalue weighted by Crippen LogP contribution is -2.40. The Balaban J connectivity index is 2.77. The summed E-state index contributed by atoms with van der Waals surface area (Å²) >= 11 is 0. The normalized spacial score (nSPS) is 11.2. The quantitative estimate of drug-likeness (QED) is 0.575. The number of anilines is 3. The van der Waals surface area contributed by atoms with Gasteiger partial charge in [0, 0.05) is 12.1 Å². The van der Waals surface area contributed by atoms with Crippen LogP contribution in [0, 0.1) is 0 Å². The van der Waals surface area contributed by atoms with Gasteiger partial charge in [0.2, 0.25) is 0 Å². The number of aromatic nitrogens is 2. The number of nitrogens with zero attached hydrogens (tertiary/aromatic N) is 2. The molecule has 0 aromatic carbocycles. The minimum Gasteiger partial charge on any atom is -0.393 e. The lowest BCUT2D eigenvalue weighted by molar-refractivity contribution is 0.464. The Bertz CT molecular complexity index is 344. The number of nitrogens with one attached hydrogen (secondary N) is 3. The molecule has 0 radical (unpaired) electrons. The van der Waals surface area contributed by atoms with E-state index in [9.17, 15) is 0 Å². The molecular formula is C10H20N6. The number of hydrogen-bond acceptors (Lipinski definition) is 6. The standard InChI is InChI=1S/C10H20N6/c1-5-12-8-7(11)9(14-6-13-8)15-16-10(2,3)4/h6,16H,5,11H2,1-4H3,(H2,12,13,14,15). The van der Waals surface area contributed by atoms with Crippen molar-refractivity contribution < 1.29 is 0 Å². The van der Waals surface area contributed by atoms with Crippen molar-refractivity contribution in [1.29, 1.82) is 0 Å². The van der Waals surface area contributed by atoms with Gasteiger partial charge in [-0.2, -0.15) is 0 Å². The number of hydrazine groups is 1. The first-order chi connectivity index (χ1) is 7.44. The molecule has 0 aliphatic rings. The zero-order valence-corrected chi connectivity index (χ0v) is 10.3. The van der Waals surface area contributed by atoms with E-state index in [1.807, 2.05) is 27.7 Å². The van der Waals surface area contributed by atoms with Crippen LogP contribution in [0.2, 0.25) is 0 Å². The first-order valence-electron chi connectivity index (χ1n) is 5.31. The predicted molar refractivity (Wildman–Crippen MR) is 67.1 cm³/mol. The second-order valence-electron chi connectivity index (χ2n) is 4.51. The highest BCUT2D eigenvalue weighted by atomic mass is 15.4. The Labute approximate surface area is 96.0 Å². The van der Waals surface area contributed by atoms with Crippen molar-refractivity contribution in [3.63, 3.8) is 0 Å². The second-order valence-corrected chi connectivity index (χ2v) is 4.51. The van der Waals surface area contributed by atoms with Gasteiger partial charge in [0.15, 0.2) is 11.6 Å². The molecule has 5 N–H and O–H groups in total. The third-order valence-corrected chi connectivity index (χ3v) is 1.78. The van der Waals surface area contributed by atoms with Crippen molar-refractivity contribution >= 4 is 17.3 Å². The van der Waals surface area contributed by atoms with Gasteiger partial charge >= 0.3 is 0 Å². The molecule has 0 bridgehead atoms. The smallest absolute Gasteiger partial charge is 0.169 e. The fraction of sp³-hybridized carbons (Fsp3) is 0.600. The molecule has 0 aliphatic carbocycles. The summed E-state index contributed by atoms with van der Waals surface area (Å²) in [6, 6.07) is 0. The van der Waals surface area contributed by atoms with Crippen LogP contribution in [0.25, 0.3) is 0 Å². The molecule has 0 atom stereocenters. The van der Waals surface area contributed by atoms with Crippen molar-refractivity contribution in [2.24, 2.45) is 0 Å². The highest BCUT2D eigenvalue weighted by Crippen LogP contribution is 2.21. The Morgan fingerprint density at radius 1 is 1.25 bits per heavy atom. The fourth-order valence-corrected chi connectivity index (χ4v) is 1.05. The van der Waals surface area contributed by atoms with Crippen LogP contribution in [0.1, 0.15) is 27.7 Å². The van der Waals surface area contributed by atoms with Gasteiger partial charge in [0.1, 0.15) is 12.0 Å². The first kappa shape index (κ1) is 12.5. The van der Waals surface area contributed by atoms with E-state index >= 15 is 0 Å². The van der Waals surface area contributed by atoms with Gasteiger partial charge in [-0.15, -0.1) is 0 Å². The van der Waals surface area contributed by atoms with Gasteiger partial charge in [-0.05, 0) is 27.7 Å². The second kappa shape index (κ2) is 4.98. The Hall–Kier alpha value is -1.56. The summed E-state index contributed by atoms with van der Waals surface area (Å²) in [6.45, 7) is 8.89. The maximum Gasteiger partial charge on any atom is 0.169 e. The van der Waals surface area contributed by atoms with Gasteiger partial charge < -0.3 is 16.5 Å². The van der Waals surface area contributed by atoms with Crippen LogP contribution in [-0.4, -0.2) is 22.1 Å². The van der Waals surface area contributed by atoms with Crippen molar-refractivity contribution in [2.75, 3.05) is 23.0 Å². The number of nitrogens with two attached hydrogens (primary N) is 1. The lowest BCUT2D eigenvalue weighted by atomic mass is 10.1. The minimum absolute atomic E-state index is 0.0598. The highest BCUT2D eigenvalue weighted by Gasteiger charge is 2.11. The van der Waals surface area contributed by atoms with Crippen LogP contribution in [0.15, 0.2) is 6.33 Å². The van der Waals surface area contributed by atoms with Crippen molar-refractivity contribution in [3.05, 3.63) is 6.33 Å². The van der Waals surface area contributed by atoms with Crippen molar-refractivity contribution in [3.8, 4) is 0 Å². The summed E-state index contributed by atoms with van der Waals surface area (Å²) in [5, 5.41) is 3.07. The average molecular weight is 224 g/mol. The SMILES string of the molecule is CCNc1ncnc(NNC(C)(C)C)c1N. The molecule has 0 amide bonds. The summed E-state index contributed by atoms with van der Waals surface area (Å²) < 4.78 is 0. The molecular weight excluding hydrogens is 204 g/mol. The van der Waals surface area contributed by atoms with E-state index in [0.29, 0.717) is 17.3 Å². The molecule has 0 saturated carbocycles. The topological polar surface area (TPSA) is 87.9 Å². The van der Waals surface area contributed by atoms with E-state index in [4.69, 9.17) is 5.73 Å². The maximum absolute atomic E-state index is 5.91. The van der Waals surface area contributed by atoms with E-state index in [1.165, 1.54) is 6.33 Å². The third kappa shape index (κ3) is 3.54. The molecule has 0 aliphatic heterocycles. The van der Waals surface area contributed by atoms with E-state index in [0.717, 1.165) is 6.54 Å². The molecule has 0 unspecified atom stereocenters. The summed E-state index contributed by atoms with van der Waals surface area (Å²) in [7, 11) is 0. The Morgan fingerprint density at radius 2 is 1.88 bits per heavy atom. The Kier molecular flexibility index (Phi) is 3.89. The molecule has 6 nitrogen and oxygen atoms in total. The maximum atomic E-state index is 5.91. The lowest BCUT2D eigenvalue weighted by Gasteiger charge is -2.22. The van der Waals surface area contributed by atoms with E-state index in [2.05, 4.69) is 26.1 Å². The fourth-order valence-electron chi connectivity index (χ4n) is 1.05. The molecule has 0 spiro atoms. The molecule has 1 rings (SSSR count). The van der Waals surface area contributed by atoms with Crippen LogP contribution in [0.5, 0.6) is 0 Å². The summed E-state index contributed by atoms with van der Waals surface area (Å²) in [6.07, 6.45) is 1.47. The Morgan fingerprint density at radius 3 is 2.44 bits per heavy atom. The summed E-state index contributed by atoms with van der Waals surface area (Å²) in [4.78, 5) is 8.13. The van der Waals surface area contributed by atoms with E-state index < -0.39 is 0 Å². The average Bonchev–Trinajstić information content (AvgIpc) is 2.18. The van der Waals surface area contributed by atoms with E-state index in [-0.39, 0.29) is 5.54 Å². The number of hydrogen-bond donors (Lipinski definition) is 4.